The molecule has 0 fully saturated rings. The molecule has 37 heavy (non-hydrogen) atoms. The molecule has 1 aliphatic heterocycles. The zero-order valence-corrected chi connectivity index (χ0v) is 22.3. The molecule has 1 aromatic carbocycles. The molecule has 1 aromatic heterocycles. The second kappa shape index (κ2) is 12.2. The molecule has 0 radical (unpaired) electrons. The van der Waals surface area contributed by atoms with Gasteiger partial charge in [0.25, 0.3) is 5.13 Å². The van der Waals surface area contributed by atoms with Crippen LogP contribution in [0.25, 0.3) is 0 Å². The van der Waals surface area contributed by atoms with Crippen LogP contribution in [0.5, 0.6) is 0 Å². The van der Waals surface area contributed by atoms with Crippen LogP contribution >= 0.6 is 11.3 Å². The number of carbonyl (C=O) groups excluding carboxylic acids is 1. The zero-order chi connectivity index (χ0) is 27.2. The Morgan fingerprint density at radius 3 is 2.68 bits per heavy atom. The van der Waals surface area contributed by atoms with Crippen molar-refractivity contribution in [3.05, 3.63) is 22.7 Å². The van der Waals surface area contributed by atoms with Gasteiger partial charge in [0.15, 0.2) is 0 Å². The molecular weight excluding hydrogens is 533 g/mol. The lowest BCUT2D eigenvalue weighted by molar-refractivity contribution is -0.0429. The number of rotatable bonds is 11. The molecule has 0 saturated carbocycles. The van der Waals surface area contributed by atoms with Crippen LogP contribution in [0.4, 0.5) is 35.4 Å². The molecule has 2 heterocycles. The van der Waals surface area contributed by atoms with Gasteiger partial charge in [-0.05, 0) is 50.3 Å². The quantitative estimate of drug-likeness (QED) is 0.199. The van der Waals surface area contributed by atoms with Gasteiger partial charge in [0.1, 0.15) is 5.69 Å². The normalized spacial score (nSPS) is 15.0. The first-order valence-electron chi connectivity index (χ1n) is 11.9. The van der Waals surface area contributed by atoms with E-state index in [0.717, 1.165) is 42.6 Å². The highest BCUT2D eigenvalue weighted by molar-refractivity contribution is 7.93. The minimum absolute atomic E-state index is 0.0420. The number of nitrogens with one attached hydrogen (secondary N) is 1. The maximum absolute atomic E-state index is 13.1. The predicted octanol–water partition coefficient (Wildman–Crippen LogP) is 6.11. The number of azo groups is 1. The third-order valence-electron chi connectivity index (χ3n) is 5.71. The van der Waals surface area contributed by atoms with Crippen molar-refractivity contribution < 1.29 is 31.1 Å². The summed E-state index contributed by atoms with van der Waals surface area (Å²) in [5, 5.41) is 15.2. The Morgan fingerprint density at radius 1 is 1.24 bits per heavy atom. The molecule has 0 saturated heterocycles. The van der Waals surface area contributed by atoms with Crippen molar-refractivity contribution in [1.29, 1.82) is 0 Å². The maximum atomic E-state index is 13.1. The van der Waals surface area contributed by atoms with E-state index in [1.165, 1.54) is 12.1 Å². The number of benzene rings is 1. The van der Waals surface area contributed by atoms with Crippen molar-refractivity contribution in [1.82, 2.24) is 10.2 Å². The minimum Gasteiger partial charge on any atom is -0.457 e. The molecule has 1 aliphatic rings. The summed E-state index contributed by atoms with van der Waals surface area (Å²) in [5.41, 5.74) is -4.50. The van der Waals surface area contributed by atoms with Crippen molar-refractivity contribution in [2.24, 2.45) is 10.2 Å². The van der Waals surface area contributed by atoms with Crippen molar-refractivity contribution in [2.75, 3.05) is 22.7 Å². The van der Waals surface area contributed by atoms with Gasteiger partial charge in [-0.15, -0.1) is 20.4 Å². The zero-order valence-electron chi connectivity index (χ0n) is 20.7. The Morgan fingerprint density at radius 2 is 2.00 bits per heavy atom. The van der Waals surface area contributed by atoms with Crippen LogP contribution in [-0.2, 0) is 21.2 Å². The van der Waals surface area contributed by atoms with Gasteiger partial charge < -0.3 is 9.64 Å². The van der Waals surface area contributed by atoms with Gasteiger partial charge in [-0.2, -0.15) is 21.6 Å². The van der Waals surface area contributed by atoms with E-state index in [0.29, 0.717) is 31.6 Å². The van der Waals surface area contributed by atoms with Gasteiger partial charge in [-0.3, -0.25) is 4.72 Å². The van der Waals surface area contributed by atoms with Gasteiger partial charge in [0, 0.05) is 18.8 Å². The number of alkyl halides is 3. The van der Waals surface area contributed by atoms with Crippen molar-refractivity contribution in [3.63, 3.8) is 0 Å². The van der Waals surface area contributed by atoms with E-state index >= 15 is 0 Å². The van der Waals surface area contributed by atoms with Crippen LogP contribution in [-0.4, -0.2) is 49.3 Å². The van der Waals surface area contributed by atoms with E-state index in [1.807, 2.05) is 11.8 Å². The van der Waals surface area contributed by atoms with Gasteiger partial charge in [-0.25, -0.2) is 4.79 Å². The number of nitrogens with zero attached hydrogens (tertiary/aromatic N) is 5. The highest BCUT2D eigenvalue weighted by Crippen LogP contribution is 2.39. The SMILES string of the molecule is CCCCCN1CCCc2cc(N=Nc3nnc(C(=O)OC(C)CC)s3)c(NS(=O)(=O)C(F)(F)F)cc21. The van der Waals surface area contributed by atoms with E-state index in [4.69, 9.17) is 4.74 Å². The second-order valence-electron chi connectivity index (χ2n) is 8.56. The fourth-order valence-electron chi connectivity index (χ4n) is 3.60. The second-order valence-corrected chi connectivity index (χ2v) is 11.2. The van der Waals surface area contributed by atoms with Gasteiger partial charge in [0.2, 0.25) is 5.01 Å². The molecule has 1 N–H and O–H groups in total. The Bertz CT molecular complexity index is 1230. The van der Waals surface area contributed by atoms with E-state index < -0.39 is 21.5 Å². The van der Waals surface area contributed by atoms with Gasteiger partial charge in [-0.1, -0.05) is 38.0 Å². The molecule has 3 rings (SSSR count). The Kier molecular flexibility index (Phi) is 9.45. The van der Waals surface area contributed by atoms with Crippen molar-refractivity contribution in [2.45, 2.75) is 70.9 Å². The lowest BCUT2D eigenvalue weighted by Crippen LogP contribution is -2.32. The Labute approximate surface area is 217 Å². The number of carbonyl (C=O) groups is 1. The molecule has 1 atom stereocenters. The highest BCUT2D eigenvalue weighted by atomic mass is 32.2. The van der Waals surface area contributed by atoms with Crippen LogP contribution in [0.1, 0.15) is 68.2 Å². The molecule has 0 amide bonds. The highest BCUT2D eigenvalue weighted by Gasteiger charge is 2.46. The fourth-order valence-corrected chi connectivity index (χ4v) is 4.72. The average molecular weight is 563 g/mol. The van der Waals surface area contributed by atoms with Crippen LogP contribution in [0.3, 0.4) is 0 Å². The fraction of sp³-hybridized carbons (Fsp3) is 0.591. The van der Waals surface area contributed by atoms with Crippen LogP contribution < -0.4 is 9.62 Å². The summed E-state index contributed by atoms with van der Waals surface area (Å²) in [7, 11) is -5.70. The molecular formula is C22H29F3N6O4S2. The van der Waals surface area contributed by atoms with Gasteiger partial charge >= 0.3 is 21.5 Å². The summed E-state index contributed by atoms with van der Waals surface area (Å²) in [6.07, 6.45) is 4.70. The molecule has 0 bridgehead atoms. The molecule has 2 aromatic rings. The first kappa shape index (κ1) is 28.8. The van der Waals surface area contributed by atoms with E-state index in [9.17, 15) is 26.4 Å². The molecule has 10 nitrogen and oxygen atoms in total. The van der Waals surface area contributed by atoms with Gasteiger partial charge in [0.05, 0.1) is 11.8 Å². The van der Waals surface area contributed by atoms with Crippen LogP contribution in [0.15, 0.2) is 22.4 Å². The first-order chi connectivity index (χ1) is 17.4. The molecule has 1 unspecified atom stereocenters. The number of ether oxygens (including phenoxy) is 1. The molecule has 15 heteroatoms. The lowest BCUT2D eigenvalue weighted by atomic mass is 9.99. The number of aryl methyl sites for hydroxylation is 1. The van der Waals surface area contributed by atoms with E-state index in [-0.39, 0.29) is 27.6 Å². The van der Waals surface area contributed by atoms with Crippen LogP contribution in [0.2, 0.25) is 0 Å². The summed E-state index contributed by atoms with van der Waals surface area (Å²) in [6, 6.07) is 2.89. The number of sulfonamides is 1. The predicted molar refractivity (Wildman–Crippen MR) is 134 cm³/mol. The maximum Gasteiger partial charge on any atom is 0.516 e. The number of hydrogen-bond donors (Lipinski definition) is 1. The number of esters is 1. The summed E-state index contributed by atoms with van der Waals surface area (Å²) in [6.45, 7) is 7.06. The number of anilines is 2. The number of hydrogen-bond acceptors (Lipinski definition) is 10. The summed E-state index contributed by atoms with van der Waals surface area (Å²) >= 11 is 0.792. The number of halogens is 3. The standard InChI is InChI=1S/C22H29F3N6O4S2/c1-4-6-7-10-31-11-8-9-15-12-16(17(13-18(15)31)30-37(33,34)22(23,24)25)26-28-21-29-27-19(36-21)20(32)35-14(3)5-2/h12-14,30H,4-11H2,1-3H3. The summed E-state index contributed by atoms with van der Waals surface area (Å²) in [4.78, 5) is 14.2. The lowest BCUT2D eigenvalue weighted by Gasteiger charge is -2.32. The summed E-state index contributed by atoms with van der Waals surface area (Å²) < 4.78 is 70.0. The number of fused-ring (bicyclic) bond motifs is 1. The Balaban J connectivity index is 1.94. The smallest absolute Gasteiger partial charge is 0.457 e. The van der Waals surface area contributed by atoms with E-state index in [1.54, 1.807) is 11.6 Å². The molecule has 0 spiro atoms. The Hall–Kier alpha value is -2.81. The topological polar surface area (TPSA) is 126 Å². The van der Waals surface area contributed by atoms with E-state index in [2.05, 4.69) is 27.3 Å². The monoisotopic (exact) mass is 562 g/mol. The van der Waals surface area contributed by atoms with Crippen LogP contribution in [0, 0.1) is 0 Å². The summed E-state index contributed by atoms with van der Waals surface area (Å²) in [5.74, 6) is -0.677. The average Bonchev–Trinajstić information content (AvgIpc) is 3.31. The first-order valence-corrected chi connectivity index (χ1v) is 14.2. The third kappa shape index (κ3) is 7.37. The van der Waals surface area contributed by atoms with Crippen molar-refractivity contribution in [3.8, 4) is 0 Å². The molecule has 0 aliphatic carbocycles. The number of aromatic nitrogens is 2. The third-order valence-corrected chi connectivity index (χ3v) is 7.59. The minimum atomic E-state index is -5.70. The number of unbranched alkanes of at least 4 members (excludes halogenated alkanes) is 2. The largest absolute Gasteiger partial charge is 0.516 e. The molecule has 204 valence electrons. The van der Waals surface area contributed by atoms with Crippen molar-refractivity contribution >= 4 is 49.5 Å².